The molecule has 0 spiro atoms. The smallest absolute Gasteiger partial charge is 0.318 e. The summed E-state index contributed by atoms with van der Waals surface area (Å²) < 4.78 is 32.0. The molecule has 0 atom stereocenters. The Morgan fingerprint density at radius 1 is 0.604 bits per heavy atom. The van der Waals surface area contributed by atoms with Crippen LogP contribution < -0.4 is 0 Å². The Morgan fingerprint density at radius 3 is 1.38 bits per heavy atom. The summed E-state index contributed by atoms with van der Waals surface area (Å²) in [6.45, 7) is 4.22. The van der Waals surface area contributed by atoms with Gasteiger partial charge in [-0.3, -0.25) is 18.6 Å². The van der Waals surface area contributed by atoms with Crippen molar-refractivity contribution in [3.05, 3.63) is 81.9 Å². The molecule has 2 aromatic rings. The van der Waals surface area contributed by atoms with E-state index in [0.717, 1.165) is 97.4 Å². The average Bonchev–Trinajstić information content (AvgIpc) is 3.13. The number of rotatable bonds is 30. The van der Waals surface area contributed by atoms with Crippen molar-refractivity contribution in [1.29, 1.82) is 0 Å². The van der Waals surface area contributed by atoms with E-state index in [4.69, 9.17) is 14.3 Å². The van der Waals surface area contributed by atoms with E-state index in [2.05, 4.69) is 4.52 Å². The molecule has 4 N–H and O–H groups in total. The van der Waals surface area contributed by atoms with Crippen LogP contribution in [-0.4, -0.2) is 68.5 Å². The van der Waals surface area contributed by atoms with Crippen LogP contribution in [0.25, 0.3) is 0 Å². The predicted molar refractivity (Wildman–Crippen MR) is 217 cm³/mol. The van der Waals surface area contributed by atoms with Crippen LogP contribution in [0.2, 0.25) is 0 Å². The molecule has 18 heteroatoms. The van der Waals surface area contributed by atoms with Gasteiger partial charge in [-0.2, -0.15) is 0 Å². The van der Waals surface area contributed by atoms with Crippen LogP contribution in [-0.2, 0) is 27.8 Å². The minimum Gasteiger partial charge on any atom is -0.318 e. The SMILES string of the molecule is C/C(=C(\CCOP(=O)(O)O)SSc1ccccc1)N(C=O)CCCCCCCCCCCCN(C=O)/C(C)=C(/COP(=O)(O)O)SSc1ccccc1. The fourth-order valence-corrected chi connectivity index (χ4v) is 10.3. The summed E-state index contributed by atoms with van der Waals surface area (Å²) in [4.78, 5) is 67.2. The van der Waals surface area contributed by atoms with Crippen molar-refractivity contribution >= 4 is 71.6 Å². The molecule has 2 rings (SSSR count). The van der Waals surface area contributed by atoms with Crippen molar-refractivity contribution in [2.45, 2.75) is 94.3 Å². The Kier molecular flexibility index (Phi) is 24.4. The molecule has 0 fully saturated rings. The van der Waals surface area contributed by atoms with Crippen molar-refractivity contribution in [3.63, 3.8) is 0 Å². The molecule has 0 bridgehead atoms. The Hall–Kier alpha value is -1.52. The number of hydrogen-bond acceptors (Lipinski definition) is 10. The molecule has 0 aliphatic carbocycles. The molecule has 296 valence electrons. The number of phosphoric acid groups is 2. The number of benzene rings is 2. The molecule has 12 nitrogen and oxygen atoms in total. The number of nitrogens with zero attached hydrogens (tertiary/aromatic N) is 2. The summed E-state index contributed by atoms with van der Waals surface area (Å²) in [5.41, 5.74) is 1.36. The van der Waals surface area contributed by atoms with Crippen molar-refractivity contribution in [2.75, 3.05) is 26.3 Å². The van der Waals surface area contributed by atoms with E-state index in [1.807, 2.05) is 67.6 Å². The zero-order chi connectivity index (χ0) is 39.0. The first kappa shape index (κ1) is 47.6. The quantitative estimate of drug-likeness (QED) is 0.0253. The van der Waals surface area contributed by atoms with Crippen LogP contribution in [0.3, 0.4) is 0 Å². The van der Waals surface area contributed by atoms with E-state index >= 15 is 0 Å². The first-order chi connectivity index (χ1) is 25.3. The maximum Gasteiger partial charge on any atom is 0.469 e. The van der Waals surface area contributed by atoms with Gasteiger partial charge in [-0.25, -0.2) is 9.13 Å². The molecule has 0 saturated heterocycles. The Bertz CT molecular complexity index is 1510. The second-order valence-electron chi connectivity index (χ2n) is 11.9. The maximum absolute atomic E-state index is 12.0. The molecule has 0 saturated carbocycles. The standard InChI is InChI=1S/C35H52N2O10P2S4/c1-30(34(23-26-46-48(40,41)42)52-50-32-19-13-11-14-20-32)36(28-38)24-17-9-7-5-3-4-6-8-10-18-25-37(29-39)31(2)35(27-47-49(43,44)45)53-51-33-21-15-12-16-22-33/h11-16,19-22,28-29H,3-10,17-18,23-27H2,1-2H3,(H2,40,41,42)(H2,43,44,45)/b34-30-,35-31-. The molecular formula is C35H52N2O10P2S4. The van der Waals surface area contributed by atoms with Gasteiger partial charge < -0.3 is 29.4 Å². The van der Waals surface area contributed by atoms with Crippen molar-refractivity contribution in [1.82, 2.24) is 9.80 Å². The highest BCUT2D eigenvalue weighted by Crippen LogP contribution is 2.44. The highest BCUT2D eigenvalue weighted by molar-refractivity contribution is 8.78. The summed E-state index contributed by atoms with van der Waals surface area (Å²) in [6, 6.07) is 19.3. The van der Waals surface area contributed by atoms with Gasteiger partial charge in [-0.05, 0) is 51.0 Å². The molecule has 0 aliphatic rings. The summed E-state index contributed by atoms with van der Waals surface area (Å²) in [7, 11) is -3.55. The lowest BCUT2D eigenvalue weighted by Crippen LogP contribution is -2.22. The molecule has 0 aromatic heterocycles. The van der Waals surface area contributed by atoms with Crippen LogP contribution in [0.1, 0.15) is 84.5 Å². The Morgan fingerprint density at radius 2 is 0.981 bits per heavy atom. The normalized spacial score (nSPS) is 12.9. The second kappa shape index (κ2) is 27.1. The van der Waals surface area contributed by atoms with Crippen molar-refractivity contribution in [3.8, 4) is 0 Å². The van der Waals surface area contributed by atoms with E-state index < -0.39 is 15.6 Å². The minimum atomic E-state index is -4.68. The zero-order valence-corrected chi connectivity index (χ0v) is 35.2. The first-order valence-corrected chi connectivity index (χ1v) is 24.7. The lowest BCUT2D eigenvalue weighted by Gasteiger charge is -2.22. The number of amides is 2. The summed E-state index contributed by atoms with van der Waals surface area (Å²) in [5, 5.41) is 0. The first-order valence-electron chi connectivity index (χ1n) is 17.4. The van der Waals surface area contributed by atoms with Crippen LogP contribution in [0.15, 0.2) is 91.7 Å². The number of allylic oxidation sites excluding steroid dienone is 2. The van der Waals surface area contributed by atoms with Gasteiger partial charge in [-0.15, -0.1) is 0 Å². The third kappa shape index (κ3) is 22.6. The summed E-state index contributed by atoms with van der Waals surface area (Å²) >= 11 is 0. The molecule has 0 aliphatic heterocycles. The van der Waals surface area contributed by atoms with Crippen LogP contribution in [0.5, 0.6) is 0 Å². The fraction of sp³-hybridized carbons (Fsp3) is 0.486. The highest BCUT2D eigenvalue weighted by atomic mass is 33.1. The largest absolute Gasteiger partial charge is 0.469 e. The van der Waals surface area contributed by atoms with Gasteiger partial charge in [0.25, 0.3) is 0 Å². The fourth-order valence-electron chi connectivity index (χ4n) is 4.92. The number of hydrogen-bond donors (Lipinski definition) is 4. The van der Waals surface area contributed by atoms with Gasteiger partial charge in [0.2, 0.25) is 12.8 Å². The van der Waals surface area contributed by atoms with Crippen LogP contribution in [0.4, 0.5) is 0 Å². The van der Waals surface area contributed by atoms with E-state index in [-0.39, 0.29) is 19.6 Å². The van der Waals surface area contributed by atoms with E-state index in [9.17, 15) is 28.5 Å². The maximum atomic E-state index is 12.0. The van der Waals surface area contributed by atoms with Gasteiger partial charge in [0, 0.05) is 50.5 Å². The van der Waals surface area contributed by atoms with Gasteiger partial charge in [0.15, 0.2) is 0 Å². The molecule has 0 radical (unpaired) electrons. The molecular weight excluding hydrogens is 799 g/mol. The number of unbranched alkanes of at least 4 members (excludes halogenated alkanes) is 9. The zero-order valence-electron chi connectivity index (χ0n) is 30.2. The minimum absolute atomic E-state index is 0.158. The lowest BCUT2D eigenvalue weighted by atomic mass is 10.1. The van der Waals surface area contributed by atoms with Crippen LogP contribution in [0, 0.1) is 0 Å². The molecule has 2 aromatic carbocycles. The van der Waals surface area contributed by atoms with E-state index in [1.54, 1.807) is 16.7 Å². The number of carbonyl (C=O) groups excluding carboxylic acids is 2. The van der Waals surface area contributed by atoms with E-state index in [1.165, 1.54) is 43.2 Å². The van der Waals surface area contributed by atoms with Gasteiger partial charge in [0.05, 0.1) is 13.2 Å². The van der Waals surface area contributed by atoms with Gasteiger partial charge in [0.1, 0.15) is 0 Å². The summed E-state index contributed by atoms with van der Waals surface area (Å²) in [5.74, 6) is 0. The average molecular weight is 851 g/mol. The lowest BCUT2D eigenvalue weighted by molar-refractivity contribution is -0.117. The molecule has 0 heterocycles. The summed E-state index contributed by atoms with van der Waals surface area (Å²) in [6.07, 6.45) is 12.0. The molecule has 0 unspecified atom stereocenters. The topological polar surface area (TPSA) is 174 Å². The predicted octanol–water partition coefficient (Wildman–Crippen LogP) is 9.76. The third-order valence-corrected chi connectivity index (χ3v) is 14.1. The number of carbonyl (C=O) groups is 2. The van der Waals surface area contributed by atoms with Crippen LogP contribution >= 0.6 is 58.8 Å². The van der Waals surface area contributed by atoms with Crippen molar-refractivity contribution < 1.29 is 47.3 Å². The molecule has 53 heavy (non-hydrogen) atoms. The van der Waals surface area contributed by atoms with Gasteiger partial charge in [-0.1, -0.05) is 131 Å². The van der Waals surface area contributed by atoms with Gasteiger partial charge >= 0.3 is 15.6 Å². The highest BCUT2D eigenvalue weighted by Gasteiger charge is 2.19. The van der Waals surface area contributed by atoms with E-state index in [0.29, 0.717) is 23.7 Å². The Labute approximate surface area is 329 Å². The van der Waals surface area contributed by atoms with Crippen molar-refractivity contribution in [2.24, 2.45) is 0 Å². The Balaban J connectivity index is 1.70. The second-order valence-corrected chi connectivity index (χ2v) is 19.0. The monoisotopic (exact) mass is 850 g/mol. The third-order valence-electron chi connectivity index (χ3n) is 7.89. The number of phosphoric ester groups is 2. The molecule has 2 amide bonds.